The molecule has 3 aromatic heterocycles. The number of nitrogens with one attached hydrogen (secondary N) is 1. The standard InChI is InChI=1S/C23H22BrN5O2/c1-15-4-2-3-5-18(15)20-12-21(29-22(27-20)19(24)13-25-29)26-17-6-9-28(10-7-17)23(30)16-8-11-31-14-16/h2-5,8,11-14,17,26H,6-7,9-10H2,1H3. The Morgan fingerprint density at radius 1 is 1.23 bits per heavy atom. The first-order valence-electron chi connectivity index (χ1n) is 10.3. The van der Waals surface area contributed by atoms with Gasteiger partial charge in [-0.05, 0) is 47.3 Å². The normalized spacial score (nSPS) is 14.8. The summed E-state index contributed by atoms with van der Waals surface area (Å²) in [6.45, 7) is 3.49. The molecule has 0 unspecified atom stereocenters. The first-order valence-corrected chi connectivity index (χ1v) is 11.1. The number of aromatic nitrogens is 3. The van der Waals surface area contributed by atoms with Gasteiger partial charge in [-0.2, -0.15) is 9.61 Å². The van der Waals surface area contributed by atoms with Crippen LogP contribution in [0.2, 0.25) is 0 Å². The molecule has 7 nitrogen and oxygen atoms in total. The van der Waals surface area contributed by atoms with E-state index in [1.165, 1.54) is 18.1 Å². The van der Waals surface area contributed by atoms with Crippen LogP contribution in [0.5, 0.6) is 0 Å². The molecule has 1 aliphatic heterocycles. The van der Waals surface area contributed by atoms with E-state index in [-0.39, 0.29) is 11.9 Å². The van der Waals surface area contributed by atoms with Gasteiger partial charge in [0.1, 0.15) is 12.1 Å². The summed E-state index contributed by atoms with van der Waals surface area (Å²) in [4.78, 5) is 19.3. The van der Waals surface area contributed by atoms with Gasteiger partial charge in [-0.3, -0.25) is 4.79 Å². The van der Waals surface area contributed by atoms with Gasteiger partial charge in [0.05, 0.1) is 28.2 Å². The maximum absolute atomic E-state index is 12.6. The highest BCUT2D eigenvalue weighted by molar-refractivity contribution is 9.10. The number of amides is 1. The first-order chi connectivity index (χ1) is 15.1. The quantitative estimate of drug-likeness (QED) is 0.455. The van der Waals surface area contributed by atoms with Crippen LogP contribution >= 0.6 is 15.9 Å². The third-order valence-corrected chi connectivity index (χ3v) is 6.31. The predicted octanol–water partition coefficient (Wildman–Crippen LogP) is 4.78. The molecule has 1 aliphatic rings. The largest absolute Gasteiger partial charge is 0.472 e. The molecule has 4 heterocycles. The molecule has 158 valence electrons. The molecule has 0 aliphatic carbocycles. The number of likely N-dealkylation sites (tertiary alicyclic amines) is 1. The first kappa shape index (κ1) is 19.8. The van der Waals surface area contributed by atoms with Gasteiger partial charge in [0.25, 0.3) is 5.91 Å². The molecular formula is C23H22BrN5O2. The highest BCUT2D eigenvalue weighted by Crippen LogP contribution is 2.29. The minimum absolute atomic E-state index is 0.0244. The Hall–Kier alpha value is -3.13. The fourth-order valence-corrected chi connectivity index (χ4v) is 4.39. The number of benzene rings is 1. The van der Waals surface area contributed by atoms with E-state index in [9.17, 15) is 4.79 Å². The van der Waals surface area contributed by atoms with Gasteiger partial charge in [0.2, 0.25) is 0 Å². The molecule has 5 rings (SSSR count). The highest BCUT2D eigenvalue weighted by Gasteiger charge is 2.25. The van der Waals surface area contributed by atoms with Gasteiger partial charge in [0.15, 0.2) is 5.65 Å². The summed E-state index contributed by atoms with van der Waals surface area (Å²) in [5.74, 6) is 0.921. The van der Waals surface area contributed by atoms with Gasteiger partial charge in [-0.25, -0.2) is 4.98 Å². The SMILES string of the molecule is Cc1ccccc1-c1cc(NC2CCN(C(=O)c3ccoc3)CC2)n2ncc(Br)c2n1. The Balaban J connectivity index is 1.38. The topological polar surface area (TPSA) is 75.7 Å². The maximum Gasteiger partial charge on any atom is 0.257 e. The number of hydrogen-bond acceptors (Lipinski definition) is 5. The van der Waals surface area contributed by atoms with Crippen molar-refractivity contribution in [2.24, 2.45) is 0 Å². The third kappa shape index (κ3) is 3.83. The van der Waals surface area contributed by atoms with E-state index < -0.39 is 0 Å². The number of nitrogens with zero attached hydrogens (tertiary/aromatic N) is 4. The lowest BCUT2D eigenvalue weighted by Crippen LogP contribution is -2.42. The summed E-state index contributed by atoms with van der Waals surface area (Å²) >= 11 is 3.57. The van der Waals surface area contributed by atoms with Crippen LogP contribution in [-0.4, -0.2) is 44.5 Å². The molecule has 1 amide bonds. The fraction of sp³-hybridized carbons (Fsp3) is 0.261. The van der Waals surface area contributed by atoms with E-state index in [1.807, 2.05) is 21.5 Å². The van der Waals surface area contributed by atoms with Gasteiger partial charge in [-0.15, -0.1) is 0 Å². The molecule has 0 saturated carbocycles. The minimum Gasteiger partial charge on any atom is -0.472 e. The number of aryl methyl sites for hydroxylation is 1. The van der Waals surface area contributed by atoms with E-state index in [0.29, 0.717) is 18.7 Å². The fourth-order valence-electron chi connectivity index (χ4n) is 4.04. The van der Waals surface area contributed by atoms with E-state index in [2.05, 4.69) is 51.5 Å². The van der Waals surface area contributed by atoms with Crippen LogP contribution in [0.1, 0.15) is 28.8 Å². The molecule has 1 aromatic carbocycles. The van der Waals surface area contributed by atoms with Gasteiger partial charge < -0.3 is 14.6 Å². The van der Waals surface area contributed by atoms with E-state index in [0.717, 1.165) is 40.0 Å². The van der Waals surface area contributed by atoms with Crippen molar-refractivity contribution in [2.45, 2.75) is 25.8 Å². The number of rotatable bonds is 4. The van der Waals surface area contributed by atoms with Crippen LogP contribution in [0.15, 0.2) is 64.0 Å². The maximum atomic E-state index is 12.6. The predicted molar refractivity (Wildman–Crippen MR) is 122 cm³/mol. The number of piperidine rings is 1. The van der Waals surface area contributed by atoms with Crippen LogP contribution in [-0.2, 0) is 0 Å². The molecule has 8 heteroatoms. The number of halogens is 1. The number of fused-ring (bicyclic) bond motifs is 1. The molecule has 0 atom stereocenters. The molecule has 0 radical (unpaired) electrons. The number of anilines is 1. The Morgan fingerprint density at radius 3 is 2.77 bits per heavy atom. The van der Waals surface area contributed by atoms with E-state index in [4.69, 9.17) is 9.40 Å². The second kappa shape index (κ2) is 8.19. The summed E-state index contributed by atoms with van der Waals surface area (Å²) in [7, 11) is 0. The van der Waals surface area contributed by atoms with Crippen molar-refractivity contribution < 1.29 is 9.21 Å². The van der Waals surface area contributed by atoms with Crippen molar-refractivity contribution in [2.75, 3.05) is 18.4 Å². The van der Waals surface area contributed by atoms with Gasteiger partial charge in [-0.1, -0.05) is 24.3 Å². The molecule has 1 saturated heterocycles. The smallest absolute Gasteiger partial charge is 0.257 e. The Bertz CT molecular complexity index is 1230. The van der Waals surface area contributed by atoms with Crippen LogP contribution < -0.4 is 5.32 Å². The molecule has 31 heavy (non-hydrogen) atoms. The van der Waals surface area contributed by atoms with Crippen molar-refractivity contribution in [3.05, 3.63) is 70.7 Å². The number of furan rings is 1. The molecule has 1 fully saturated rings. The zero-order chi connectivity index (χ0) is 21.4. The molecule has 1 N–H and O–H groups in total. The van der Waals surface area contributed by atoms with Crippen molar-refractivity contribution in [1.82, 2.24) is 19.5 Å². The second-order valence-electron chi connectivity index (χ2n) is 7.79. The van der Waals surface area contributed by atoms with Crippen LogP contribution in [0.3, 0.4) is 0 Å². The van der Waals surface area contributed by atoms with Crippen LogP contribution in [0, 0.1) is 6.92 Å². The van der Waals surface area contributed by atoms with Gasteiger partial charge in [0, 0.05) is 30.8 Å². The summed E-state index contributed by atoms with van der Waals surface area (Å²) in [6, 6.07) is 12.2. The molecule has 0 spiro atoms. The lowest BCUT2D eigenvalue weighted by atomic mass is 10.0. The van der Waals surface area contributed by atoms with Crippen molar-refractivity contribution >= 4 is 33.3 Å². The minimum atomic E-state index is 0.0244. The molecule has 0 bridgehead atoms. The molecular weight excluding hydrogens is 458 g/mol. The summed E-state index contributed by atoms with van der Waals surface area (Å²) in [6.07, 6.45) is 6.51. The zero-order valence-electron chi connectivity index (χ0n) is 17.1. The number of hydrogen-bond donors (Lipinski definition) is 1. The highest BCUT2D eigenvalue weighted by atomic mass is 79.9. The lowest BCUT2D eigenvalue weighted by Gasteiger charge is -2.32. The average Bonchev–Trinajstić information content (AvgIpc) is 3.45. The third-order valence-electron chi connectivity index (χ3n) is 5.75. The Labute approximate surface area is 188 Å². The average molecular weight is 480 g/mol. The summed E-state index contributed by atoms with van der Waals surface area (Å²) in [5, 5.41) is 8.13. The Kier molecular flexibility index (Phi) is 5.23. The van der Waals surface area contributed by atoms with E-state index in [1.54, 1.807) is 12.3 Å². The zero-order valence-corrected chi connectivity index (χ0v) is 18.7. The monoisotopic (exact) mass is 479 g/mol. The summed E-state index contributed by atoms with van der Waals surface area (Å²) < 4.78 is 7.73. The van der Waals surface area contributed by atoms with E-state index >= 15 is 0 Å². The van der Waals surface area contributed by atoms with Gasteiger partial charge >= 0.3 is 0 Å². The van der Waals surface area contributed by atoms with Crippen LogP contribution in [0.4, 0.5) is 5.82 Å². The number of carbonyl (C=O) groups is 1. The lowest BCUT2D eigenvalue weighted by molar-refractivity contribution is 0.0717. The Morgan fingerprint density at radius 2 is 2.03 bits per heavy atom. The summed E-state index contributed by atoms with van der Waals surface area (Å²) in [5.41, 5.74) is 4.55. The second-order valence-corrected chi connectivity index (χ2v) is 8.65. The molecule has 4 aromatic rings. The van der Waals surface area contributed by atoms with Crippen LogP contribution in [0.25, 0.3) is 16.9 Å². The van der Waals surface area contributed by atoms with Crippen molar-refractivity contribution in [3.8, 4) is 11.3 Å². The van der Waals surface area contributed by atoms with Crippen molar-refractivity contribution in [3.63, 3.8) is 0 Å². The number of carbonyl (C=O) groups excluding carboxylic acids is 1. The van der Waals surface area contributed by atoms with Crippen molar-refractivity contribution in [1.29, 1.82) is 0 Å².